The highest BCUT2D eigenvalue weighted by Gasteiger charge is 2.25. The molecule has 1 heteroatoms. The highest BCUT2D eigenvalue weighted by atomic mass is 16.5. The maximum Gasteiger partial charge on any atom is 0.149 e. The van der Waals surface area contributed by atoms with Gasteiger partial charge < -0.3 is 4.74 Å². The Bertz CT molecular complexity index is 479. The van der Waals surface area contributed by atoms with Crippen LogP contribution in [0.25, 0.3) is 0 Å². The second kappa shape index (κ2) is 6.42. The third-order valence-corrected chi connectivity index (χ3v) is 3.28. The molecule has 0 heterocycles. The molecule has 1 nitrogen and oxygen atoms in total. The quantitative estimate of drug-likeness (QED) is 0.683. The molecular weight excluding hydrogens is 232 g/mol. The fourth-order valence-corrected chi connectivity index (χ4v) is 2.36. The van der Waals surface area contributed by atoms with Crippen molar-refractivity contribution in [2.75, 3.05) is 0 Å². The molecular formula is C18H22O. The van der Waals surface area contributed by atoms with E-state index in [0.29, 0.717) is 0 Å². The molecule has 2 rings (SSSR count). The van der Waals surface area contributed by atoms with Crippen molar-refractivity contribution in [3.05, 3.63) is 66.3 Å². The lowest BCUT2D eigenvalue weighted by molar-refractivity contribution is 0.173. The summed E-state index contributed by atoms with van der Waals surface area (Å²) in [5.41, 5.74) is 1.05. The van der Waals surface area contributed by atoms with Gasteiger partial charge in [0.25, 0.3) is 0 Å². The van der Waals surface area contributed by atoms with Crippen LogP contribution in [0.5, 0.6) is 5.75 Å². The molecule has 0 saturated carbocycles. The van der Waals surface area contributed by atoms with Crippen LogP contribution in [0.15, 0.2) is 60.7 Å². The standard InChI is InChI=1S/C18H22O/c1-3-8-16-9-11-17(12-10-16)19-18(13-4-2)14-6-5-7-15-18/h4-7,9-14H,3,8,15H2,1-2H3. The predicted molar refractivity (Wildman–Crippen MR) is 81.5 cm³/mol. The van der Waals surface area contributed by atoms with Crippen LogP contribution in [0.1, 0.15) is 32.3 Å². The van der Waals surface area contributed by atoms with E-state index in [1.165, 1.54) is 12.0 Å². The summed E-state index contributed by atoms with van der Waals surface area (Å²) in [5.74, 6) is 0.929. The molecule has 19 heavy (non-hydrogen) atoms. The molecule has 1 unspecified atom stereocenters. The number of benzene rings is 1. The number of allylic oxidation sites excluding steroid dienone is 3. The summed E-state index contributed by atoms with van der Waals surface area (Å²) < 4.78 is 6.19. The van der Waals surface area contributed by atoms with E-state index in [1.807, 2.05) is 6.92 Å². The first-order chi connectivity index (χ1) is 9.28. The van der Waals surface area contributed by atoms with E-state index in [1.54, 1.807) is 0 Å². The Labute approximate surface area is 116 Å². The molecule has 0 amide bonds. The normalized spacial score (nSPS) is 22.0. The van der Waals surface area contributed by atoms with Crippen LogP contribution >= 0.6 is 0 Å². The van der Waals surface area contributed by atoms with Gasteiger partial charge in [-0.25, -0.2) is 0 Å². The fraction of sp³-hybridized carbons (Fsp3) is 0.333. The minimum absolute atomic E-state index is 0.324. The Morgan fingerprint density at radius 2 is 2.00 bits per heavy atom. The van der Waals surface area contributed by atoms with Gasteiger partial charge in [0.1, 0.15) is 11.4 Å². The Morgan fingerprint density at radius 3 is 2.58 bits per heavy atom. The number of hydrogen-bond donors (Lipinski definition) is 0. The summed E-state index contributed by atoms with van der Waals surface area (Å²) in [6, 6.07) is 8.46. The van der Waals surface area contributed by atoms with Crippen LogP contribution in [0.2, 0.25) is 0 Å². The summed E-state index contributed by atoms with van der Waals surface area (Å²) >= 11 is 0. The van der Waals surface area contributed by atoms with Crippen molar-refractivity contribution >= 4 is 0 Å². The van der Waals surface area contributed by atoms with Crippen LogP contribution in [0, 0.1) is 0 Å². The molecule has 0 saturated heterocycles. The predicted octanol–water partition coefficient (Wildman–Crippen LogP) is 4.85. The average Bonchev–Trinajstić information content (AvgIpc) is 2.43. The highest BCUT2D eigenvalue weighted by Crippen LogP contribution is 2.27. The van der Waals surface area contributed by atoms with Crippen LogP contribution in [-0.4, -0.2) is 5.60 Å². The van der Waals surface area contributed by atoms with E-state index in [0.717, 1.165) is 18.6 Å². The monoisotopic (exact) mass is 254 g/mol. The number of aryl methyl sites for hydroxylation is 1. The molecule has 0 spiro atoms. The van der Waals surface area contributed by atoms with Crippen molar-refractivity contribution in [1.29, 1.82) is 0 Å². The summed E-state index contributed by atoms with van der Waals surface area (Å²) in [7, 11) is 0. The first-order valence-electron chi connectivity index (χ1n) is 7.04. The van der Waals surface area contributed by atoms with Gasteiger partial charge in [-0.05, 0) is 43.2 Å². The van der Waals surface area contributed by atoms with Crippen molar-refractivity contribution in [3.8, 4) is 5.75 Å². The van der Waals surface area contributed by atoms with E-state index in [-0.39, 0.29) is 5.60 Å². The molecule has 0 radical (unpaired) electrons. The Hall–Kier alpha value is -1.76. The Balaban J connectivity index is 2.13. The summed E-state index contributed by atoms with van der Waals surface area (Å²) in [6.07, 6.45) is 15.7. The van der Waals surface area contributed by atoms with Crippen LogP contribution in [0.3, 0.4) is 0 Å². The van der Waals surface area contributed by atoms with Gasteiger partial charge in [0.05, 0.1) is 0 Å². The van der Waals surface area contributed by atoms with Gasteiger partial charge in [0.15, 0.2) is 0 Å². The zero-order valence-electron chi connectivity index (χ0n) is 11.8. The van der Waals surface area contributed by atoms with E-state index in [2.05, 4.69) is 67.6 Å². The highest BCUT2D eigenvalue weighted by molar-refractivity contribution is 5.32. The maximum absolute atomic E-state index is 6.19. The van der Waals surface area contributed by atoms with Gasteiger partial charge in [-0.15, -0.1) is 0 Å². The molecule has 0 N–H and O–H groups in total. The second-order valence-electron chi connectivity index (χ2n) is 4.94. The summed E-state index contributed by atoms with van der Waals surface area (Å²) in [4.78, 5) is 0. The third kappa shape index (κ3) is 3.60. The molecule has 1 aromatic rings. The van der Waals surface area contributed by atoms with E-state index in [9.17, 15) is 0 Å². The van der Waals surface area contributed by atoms with Crippen molar-refractivity contribution < 1.29 is 4.74 Å². The van der Waals surface area contributed by atoms with Crippen molar-refractivity contribution in [2.24, 2.45) is 0 Å². The van der Waals surface area contributed by atoms with Crippen molar-refractivity contribution in [1.82, 2.24) is 0 Å². The van der Waals surface area contributed by atoms with Crippen molar-refractivity contribution in [2.45, 2.75) is 38.7 Å². The first kappa shape index (κ1) is 13.7. The fourth-order valence-electron chi connectivity index (χ4n) is 2.36. The second-order valence-corrected chi connectivity index (χ2v) is 4.94. The van der Waals surface area contributed by atoms with Gasteiger partial charge in [0, 0.05) is 6.42 Å². The van der Waals surface area contributed by atoms with Gasteiger partial charge in [-0.2, -0.15) is 0 Å². The first-order valence-corrected chi connectivity index (χ1v) is 7.04. The molecule has 0 aromatic heterocycles. The molecule has 100 valence electrons. The Morgan fingerprint density at radius 1 is 1.21 bits per heavy atom. The van der Waals surface area contributed by atoms with Crippen LogP contribution in [0.4, 0.5) is 0 Å². The topological polar surface area (TPSA) is 9.23 Å². The van der Waals surface area contributed by atoms with Gasteiger partial charge in [-0.1, -0.05) is 49.8 Å². The van der Waals surface area contributed by atoms with E-state index < -0.39 is 0 Å². The molecule has 1 aromatic carbocycles. The zero-order chi connectivity index (χ0) is 13.6. The molecule has 0 bridgehead atoms. The smallest absolute Gasteiger partial charge is 0.149 e. The van der Waals surface area contributed by atoms with Crippen LogP contribution < -0.4 is 4.74 Å². The lowest BCUT2D eigenvalue weighted by Gasteiger charge is -2.29. The maximum atomic E-state index is 6.19. The molecule has 1 aliphatic carbocycles. The average molecular weight is 254 g/mol. The molecule has 0 fully saturated rings. The zero-order valence-corrected chi connectivity index (χ0v) is 11.8. The van der Waals surface area contributed by atoms with E-state index >= 15 is 0 Å². The number of ether oxygens (including phenoxy) is 1. The minimum atomic E-state index is -0.324. The van der Waals surface area contributed by atoms with Gasteiger partial charge in [-0.3, -0.25) is 0 Å². The SMILES string of the molecule is CC=CC1(Oc2ccc(CCC)cc2)C=CC=CC1. The van der Waals surface area contributed by atoms with Crippen molar-refractivity contribution in [3.63, 3.8) is 0 Å². The summed E-state index contributed by atoms with van der Waals surface area (Å²) in [6.45, 7) is 4.23. The molecule has 1 aliphatic rings. The minimum Gasteiger partial charge on any atom is -0.479 e. The number of rotatable bonds is 5. The molecule has 0 aliphatic heterocycles. The van der Waals surface area contributed by atoms with Gasteiger partial charge >= 0.3 is 0 Å². The molecule has 1 atom stereocenters. The number of hydrogen-bond acceptors (Lipinski definition) is 1. The summed E-state index contributed by atoms with van der Waals surface area (Å²) in [5, 5.41) is 0. The lowest BCUT2D eigenvalue weighted by atomic mass is 9.94. The largest absolute Gasteiger partial charge is 0.479 e. The van der Waals surface area contributed by atoms with Crippen LogP contribution in [-0.2, 0) is 6.42 Å². The van der Waals surface area contributed by atoms with E-state index in [4.69, 9.17) is 4.74 Å². The third-order valence-electron chi connectivity index (χ3n) is 3.28. The Kier molecular flexibility index (Phi) is 4.62. The lowest BCUT2D eigenvalue weighted by Crippen LogP contribution is -2.31. The van der Waals surface area contributed by atoms with Gasteiger partial charge in [0.2, 0.25) is 0 Å².